The maximum absolute atomic E-state index is 11.8. The van der Waals surface area contributed by atoms with E-state index in [0.717, 1.165) is 25.7 Å². The molecule has 0 aliphatic carbocycles. The largest absolute Gasteiger partial charge is 0.356 e. The van der Waals surface area contributed by atoms with Crippen LogP contribution in [-0.4, -0.2) is 23.9 Å². The number of thiophene rings is 1. The fourth-order valence-corrected chi connectivity index (χ4v) is 3.33. The first-order valence-corrected chi connectivity index (χ1v) is 8.12. The van der Waals surface area contributed by atoms with Gasteiger partial charge in [-0.3, -0.25) is 9.59 Å². The molecule has 20 heavy (non-hydrogen) atoms. The van der Waals surface area contributed by atoms with Crippen molar-refractivity contribution >= 4 is 23.2 Å². The fraction of sp³-hybridized carbons (Fsp3) is 0.600. The molecule has 0 saturated carbocycles. The molecule has 2 N–H and O–H groups in total. The van der Waals surface area contributed by atoms with Gasteiger partial charge in [-0.15, -0.1) is 11.3 Å². The average molecular weight is 294 g/mol. The summed E-state index contributed by atoms with van der Waals surface area (Å²) in [5.41, 5.74) is -0.151. The van der Waals surface area contributed by atoms with Crippen LogP contribution in [0.15, 0.2) is 17.5 Å². The van der Waals surface area contributed by atoms with E-state index in [1.807, 2.05) is 11.4 Å². The van der Waals surface area contributed by atoms with Crippen LogP contribution in [0.2, 0.25) is 0 Å². The van der Waals surface area contributed by atoms with Crippen LogP contribution in [0.1, 0.15) is 43.9 Å². The van der Waals surface area contributed by atoms with E-state index in [0.29, 0.717) is 19.4 Å². The molecule has 0 bridgehead atoms. The van der Waals surface area contributed by atoms with Crippen LogP contribution in [0, 0.1) is 0 Å². The van der Waals surface area contributed by atoms with Crippen molar-refractivity contribution in [1.29, 1.82) is 0 Å². The van der Waals surface area contributed by atoms with Crippen LogP contribution in [0.3, 0.4) is 0 Å². The summed E-state index contributed by atoms with van der Waals surface area (Å²) in [6.07, 6.45) is 4.44. The average Bonchev–Trinajstić information content (AvgIpc) is 3.07. The molecule has 1 aliphatic rings. The Hall–Kier alpha value is -1.36. The molecule has 5 heteroatoms. The molecular weight excluding hydrogens is 272 g/mol. The van der Waals surface area contributed by atoms with E-state index in [1.54, 1.807) is 11.3 Å². The highest BCUT2D eigenvalue weighted by atomic mass is 32.1. The highest BCUT2D eigenvalue weighted by Gasteiger charge is 2.35. The maximum atomic E-state index is 11.8. The summed E-state index contributed by atoms with van der Waals surface area (Å²) in [4.78, 5) is 24.5. The van der Waals surface area contributed by atoms with Gasteiger partial charge in [-0.1, -0.05) is 13.0 Å². The standard InChI is InChI=1S/C15H22N2O2S/c1-2-15(9-6-14(19)17-15)8-5-13(18)16-10-7-12-4-3-11-20-12/h3-4,11H,2,5-10H2,1H3,(H,16,18)(H,17,19)/t15-/m1/s1. The maximum Gasteiger partial charge on any atom is 0.220 e. The Bertz CT molecular complexity index is 458. The van der Waals surface area contributed by atoms with Crippen molar-refractivity contribution in [2.75, 3.05) is 6.54 Å². The van der Waals surface area contributed by atoms with Gasteiger partial charge >= 0.3 is 0 Å². The number of carbonyl (C=O) groups is 2. The molecule has 1 aromatic heterocycles. The van der Waals surface area contributed by atoms with Gasteiger partial charge < -0.3 is 10.6 Å². The number of amides is 2. The third kappa shape index (κ3) is 4.07. The summed E-state index contributed by atoms with van der Waals surface area (Å²) >= 11 is 1.71. The Morgan fingerprint density at radius 1 is 1.55 bits per heavy atom. The molecule has 0 radical (unpaired) electrons. The van der Waals surface area contributed by atoms with Crippen molar-refractivity contribution in [3.8, 4) is 0 Å². The second kappa shape index (κ2) is 6.88. The van der Waals surface area contributed by atoms with Crippen molar-refractivity contribution in [1.82, 2.24) is 10.6 Å². The third-order valence-corrected chi connectivity index (χ3v) is 4.95. The van der Waals surface area contributed by atoms with Gasteiger partial charge in [0.25, 0.3) is 0 Å². The smallest absolute Gasteiger partial charge is 0.220 e. The molecule has 2 amide bonds. The first kappa shape index (κ1) is 15.0. The Labute approximate surface area is 124 Å². The number of carbonyl (C=O) groups excluding carboxylic acids is 2. The van der Waals surface area contributed by atoms with Gasteiger partial charge in [0.1, 0.15) is 0 Å². The molecular formula is C15H22N2O2S. The summed E-state index contributed by atoms with van der Waals surface area (Å²) in [5.74, 6) is 0.195. The predicted molar refractivity (Wildman–Crippen MR) is 80.7 cm³/mol. The fourth-order valence-electron chi connectivity index (χ4n) is 2.62. The molecule has 4 nitrogen and oxygen atoms in total. The topological polar surface area (TPSA) is 58.2 Å². The van der Waals surface area contributed by atoms with Crippen LogP contribution >= 0.6 is 11.3 Å². The quantitative estimate of drug-likeness (QED) is 0.810. The third-order valence-electron chi connectivity index (χ3n) is 4.02. The summed E-state index contributed by atoms with van der Waals surface area (Å²) < 4.78 is 0. The van der Waals surface area contributed by atoms with Crippen LogP contribution < -0.4 is 10.6 Å². The van der Waals surface area contributed by atoms with E-state index < -0.39 is 0 Å². The zero-order valence-corrected chi connectivity index (χ0v) is 12.7. The molecule has 1 aromatic rings. The number of rotatable bonds is 7. The van der Waals surface area contributed by atoms with Gasteiger partial charge in [-0.2, -0.15) is 0 Å². The summed E-state index contributed by atoms with van der Waals surface area (Å²) in [7, 11) is 0. The Balaban J connectivity index is 1.68. The zero-order valence-electron chi connectivity index (χ0n) is 11.9. The lowest BCUT2D eigenvalue weighted by Gasteiger charge is -2.27. The van der Waals surface area contributed by atoms with Crippen molar-refractivity contribution in [3.05, 3.63) is 22.4 Å². The van der Waals surface area contributed by atoms with Crippen LogP contribution in [0.25, 0.3) is 0 Å². The summed E-state index contributed by atoms with van der Waals surface area (Å²) in [5, 5.41) is 8.03. The van der Waals surface area contributed by atoms with Crippen molar-refractivity contribution in [2.45, 2.75) is 51.0 Å². The van der Waals surface area contributed by atoms with Crippen molar-refractivity contribution in [3.63, 3.8) is 0 Å². The van der Waals surface area contributed by atoms with E-state index in [-0.39, 0.29) is 17.4 Å². The first-order chi connectivity index (χ1) is 9.63. The molecule has 1 fully saturated rings. The second-order valence-electron chi connectivity index (χ2n) is 5.36. The Kier molecular flexibility index (Phi) is 5.17. The monoisotopic (exact) mass is 294 g/mol. The summed E-state index contributed by atoms with van der Waals surface area (Å²) in [6, 6.07) is 4.10. The van der Waals surface area contributed by atoms with Gasteiger partial charge in [0, 0.05) is 29.8 Å². The predicted octanol–water partition coefficient (Wildman–Crippen LogP) is 2.25. The van der Waals surface area contributed by atoms with Gasteiger partial charge in [0.15, 0.2) is 0 Å². The van der Waals surface area contributed by atoms with E-state index in [9.17, 15) is 9.59 Å². The molecule has 2 rings (SSSR count). The Morgan fingerprint density at radius 3 is 3.00 bits per heavy atom. The molecule has 0 spiro atoms. The molecule has 1 atom stereocenters. The molecule has 110 valence electrons. The highest BCUT2D eigenvalue weighted by Crippen LogP contribution is 2.28. The van der Waals surface area contributed by atoms with Gasteiger partial charge in [-0.25, -0.2) is 0 Å². The van der Waals surface area contributed by atoms with Gasteiger partial charge in [-0.05, 0) is 37.1 Å². The number of nitrogens with one attached hydrogen (secondary N) is 2. The lowest BCUT2D eigenvalue weighted by atomic mass is 9.89. The second-order valence-corrected chi connectivity index (χ2v) is 6.39. The lowest BCUT2D eigenvalue weighted by Crippen LogP contribution is -2.42. The number of hydrogen-bond acceptors (Lipinski definition) is 3. The van der Waals surface area contributed by atoms with Crippen LogP contribution in [-0.2, 0) is 16.0 Å². The lowest BCUT2D eigenvalue weighted by molar-refractivity contribution is -0.122. The van der Waals surface area contributed by atoms with Crippen molar-refractivity contribution in [2.24, 2.45) is 0 Å². The van der Waals surface area contributed by atoms with Crippen molar-refractivity contribution < 1.29 is 9.59 Å². The molecule has 1 aliphatic heterocycles. The molecule has 1 saturated heterocycles. The van der Waals surface area contributed by atoms with E-state index in [4.69, 9.17) is 0 Å². The number of hydrogen-bond donors (Lipinski definition) is 2. The van der Waals surface area contributed by atoms with E-state index in [2.05, 4.69) is 23.6 Å². The van der Waals surface area contributed by atoms with Crippen LogP contribution in [0.4, 0.5) is 0 Å². The Morgan fingerprint density at radius 2 is 2.40 bits per heavy atom. The first-order valence-electron chi connectivity index (χ1n) is 7.24. The minimum Gasteiger partial charge on any atom is -0.356 e. The normalized spacial score (nSPS) is 21.8. The summed E-state index contributed by atoms with van der Waals surface area (Å²) in [6.45, 7) is 2.76. The highest BCUT2D eigenvalue weighted by molar-refractivity contribution is 7.09. The minimum atomic E-state index is -0.151. The minimum absolute atomic E-state index is 0.0792. The molecule has 2 heterocycles. The zero-order chi connectivity index (χ0) is 14.4. The molecule has 0 unspecified atom stereocenters. The van der Waals surface area contributed by atoms with Crippen LogP contribution in [0.5, 0.6) is 0 Å². The molecule has 0 aromatic carbocycles. The van der Waals surface area contributed by atoms with E-state index >= 15 is 0 Å². The van der Waals surface area contributed by atoms with E-state index in [1.165, 1.54) is 4.88 Å². The van der Waals surface area contributed by atoms with Gasteiger partial charge in [0.2, 0.25) is 11.8 Å². The van der Waals surface area contributed by atoms with Gasteiger partial charge in [0.05, 0.1) is 0 Å². The SMILES string of the molecule is CC[C@@]1(CCC(=O)NCCc2cccs2)CCC(=O)N1.